The van der Waals surface area contributed by atoms with Crippen LogP contribution in [0.2, 0.25) is 0 Å². The molecule has 0 aliphatic rings. The van der Waals surface area contributed by atoms with E-state index in [0.29, 0.717) is 12.1 Å². The Labute approximate surface area is 204 Å². The maximum atomic E-state index is 13.3. The van der Waals surface area contributed by atoms with Crippen molar-refractivity contribution in [3.8, 4) is 0 Å². The smallest absolute Gasteiger partial charge is 0.242 e. The monoisotopic (exact) mass is 466 g/mol. The van der Waals surface area contributed by atoms with Crippen molar-refractivity contribution in [1.29, 1.82) is 0 Å². The molecule has 0 heterocycles. The first-order valence-electron chi connectivity index (χ1n) is 11.1. The molecule has 2 N–H and O–H groups in total. The third-order valence-electron chi connectivity index (χ3n) is 5.32. The summed E-state index contributed by atoms with van der Waals surface area (Å²) < 4.78 is 0. The molecule has 5 heteroatoms. The van der Waals surface area contributed by atoms with Crippen LogP contribution in [0.1, 0.15) is 21.9 Å². The van der Waals surface area contributed by atoms with Gasteiger partial charge in [-0.1, -0.05) is 84.9 Å². The second-order valence-corrected chi connectivity index (χ2v) is 9.13. The summed E-state index contributed by atoms with van der Waals surface area (Å²) in [5.74, 6) is -0.172. The largest absolute Gasteiger partial charge is 0.326 e. The fraction of sp³-hybridized carbons (Fsp3) is 0.103. The van der Waals surface area contributed by atoms with E-state index in [4.69, 9.17) is 0 Å². The molecule has 4 aromatic carbocycles. The third kappa shape index (κ3) is 6.36. The van der Waals surface area contributed by atoms with Gasteiger partial charge in [-0.2, -0.15) is 0 Å². The van der Waals surface area contributed by atoms with Crippen LogP contribution in [0, 0.1) is 6.92 Å². The predicted octanol–water partition coefficient (Wildman–Crippen LogP) is 6.65. The van der Waals surface area contributed by atoms with Gasteiger partial charge in [0.1, 0.15) is 5.25 Å². The first-order chi connectivity index (χ1) is 16.6. The standard InChI is InChI=1S/C29H26N2O2S/c1-21-11-8-9-18-26(21)31-29(33)28(23-14-6-3-7-15-23)34-25-17-10-16-24(20-25)30-27(32)19-22-12-4-2-5-13-22/h2-18,20,28H,19H2,1H3,(H,30,32)(H,31,33). The normalized spacial score (nSPS) is 11.4. The van der Waals surface area contributed by atoms with Gasteiger partial charge in [0.25, 0.3) is 0 Å². The molecule has 0 spiro atoms. The fourth-order valence-corrected chi connectivity index (χ4v) is 4.67. The average Bonchev–Trinajstić information content (AvgIpc) is 2.85. The molecule has 4 nitrogen and oxygen atoms in total. The quantitative estimate of drug-likeness (QED) is 0.286. The van der Waals surface area contributed by atoms with Gasteiger partial charge in [-0.15, -0.1) is 11.8 Å². The summed E-state index contributed by atoms with van der Waals surface area (Å²) in [6.45, 7) is 1.97. The van der Waals surface area contributed by atoms with E-state index in [9.17, 15) is 9.59 Å². The zero-order valence-electron chi connectivity index (χ0n) is 18.9. The molecule has 0 aromatic heterocycles. The van der Waals surface area contributed by atoms with Gasteiger partial charge < -0.3 is 10.6 Å². The van der Waals surface area contributed by atoms with E-state index in [1.807, 2.05) is 116 Å². The lowest BCUT2D eigenvalue weighted by Gasteiger charge is -2.18. The Morgan fingerprint density at radius 3 is 2.18 bits per heavy atom. The molecule has 0 saturated carbocycles. The van der Waals surface area contributed by atoms with Gasteiger partial charge >= 0.3 is 0 Å². The summed E-state index contributed by atoms with van der Waals surface area (Å²) in [4.78, 5) is 26.7. The number of benzene rings is 4. The molecule has 1 atom stereocenters. The van der Waals surface area contributed by atoms with Crippen molar-refractivity contribution in [2.75, 3.05) is 10.6 Å². The van der Waals surface area contributed by atoms with Gasteiger partial charge in [-0.05, 0) is 47.9 Å². The van der Waals surface area contributed by atoms with E-state index >= 15 is 0 Å². The average molecular weight is 467 g/mol. The number of nitrogens with one attached hydrogen (secondary N) is 2. The van der Waals surface area contributed by atoms with Crippen LogP contribution in [0.5, 0.6) is 0 Å². The van der Waals surface area contributed by atoms with Crippen LogP contribution < -0.4 is 10.6 Å². The summed E-state index contributed by atoms with van der Waals surface area (Å²) >= 11 is 1.46. The van der Waals surface area contributed by atoms with Gasteiger partial charge in [0.05, 0.1) is 6.42 Å². The summed E-state index contributed by atoms with van der Waals surface area (Å²) in [5.41, 5.74) is 4.39. The molecule has 0 aliphatic carbocycles. The summed E-state index contributed by atoms with van der Waals surface area (Å²) in [5, 5.41) is 5.59. The molecule has 170 valence electrons. The highest BCUT2D eigenvalue weighted by Crippen LogP contribution is 2.37. The number of carbonyl (C=O) groups excluding carboxylic acids is 2. The number of aryl methyl sites for hydroxylation is 1. The van der Waals surface area contributed by atoms with Gasteiger partial charge in [-0.3, -0.25) is 9.59 Å². The minimum absolute atomic E-state index is 0.0785. The van der Waals surface area contributed by atoms with Crippen molar-refractivity contribution in [3.05, 3.63) is 126 Å². The lowest BCUT2D eigenvalue weighted by atomic mass is 10.1. The van der Waals surface area contributed by atoms with Crippen LogP contribution in [0.3, 0.4) is 0 Å². The number of anilines is 2. The molecule has 0 saturated heterocycles. The van der Waals surface area contributed by atoms with Crippen molar-refractivity contribution in [1.82, 2.24) is 0 Å². The molecule has 34 heavy (non-hydrogen) atoms. The Hall–Kier alpha value is -3.83. The number of carbonyl (C=O) groups is 2. The van der Waals surface area contributed by atoms with E-state index in [-0.39, 0.29) is 11.8 Å². The molecule has 2 amide bonds. The van der Waals surface area contributed by atoms with E-state index in [1.165, 1.54) is 11.8 Å². The lowest BCUT2D eigenvalue weighted by molar-refractivity contribution is -0.116. The second kappa shape index (κ2) is 11.3. The van der Waals surface area contributed by atoms with Crippen LogP contribution >= 0.6 is 11.8 Å². The van der Waals surface area contributed by atoms with Crippen molar-refractivity contribution < 1.29 is 9.59 Å². The molecular formula is C29H26N2O2S. The van der Waals surface area contributed by atoms with Crippen molar-refractivity contribution in [2.24, 2.45) is 0 Å². The van der Waals surface area contributed by atoms with Crippen molar-refractivity contribution in [3.63, 3.8) is 0 Å². The first kappa shape index (κ1) is 23.3. The highest BCUT2D eigenvalue weighted by atomic mass is 32.2. The summed E-state index contributed by atoms with van der Waals surface area (Å²) in [6, 6.07) is 34.7. The first-order valence-corrected chi connectivity index (χ1v) is 12.0. The van der Waals surface area contributed by atoms with Gasteiger partial charge in [0.2, 0.25) is 11.8 Å². The van der Waals surface area contributed by atoms with E-state index in [2.05, 4.69) is 10.6 Å². The number of thioether (sulfide) groups is 1. The zero-order valence-corrected chi connectivity index (χ0v) is 19.7. The highest BCUT2D eigenvalue weighted by Gasteiger charge is 2.23. The van der Waals surface area contributed by atoms with Crippen molar-refractivity contribution >= 4 is 35.0 Å². The van der Waals surface area contributed by atoms with Gasteiger partial charge in [0.15, 0.2) is 0 Å². The molecule has 1 unspecified atom stereocenters. The van der Waals surface area contributed by atoms with Gasteiger partial charge in [0, 0.05) is 16.3 Å². The van der Waals surface area contributed by atoms with Crippen LogP contribution in [0.25, 0.3) is 0 Å². The van der Waals surface area contributed by atoms with Crippen LogP contribution in [-0.2, 0) is 16.0 Å². The summed E-state index contributed by atoms with van der Waals surface area (Å²) in [7, 11) is 0. The lowest BCUT2D eigenvalue weighted by Crippen LogP contribution is -2.19. The molecule has 0 radical (unpaired) electrons. The number of rotatable bonds is 8. The van der Waals surface area contributed by atoms with E-state index in [1.54, 1.807) is 0 Å². The molecule has 0 aliphatic heterocycles. The molecule has 4 rings (SSSR count). The van der Waals surface area contributed by atoms with E-state index in [0.717, 1.165) is 27.3 Å². The van der Waals surface area contributed by atoms with Crippen molar-refractivity contribution in [2.45, 2.75) is 23.5 Å². The minimum Gasteiger partial charge on any atom is -0.326 e. The molecular weight excluding hydrogens is 440 g/mol. The maximum Gasteiger partial charge on any atom is 0.242 e. The van der Waals surface area contributed by atoms with E-state index < -0.39 is 5.25 Å². The van der Waals surface area contributed by atoms with Gasteiger partial charge in [-0.25, -0.2) is 0 Å². The Morgan fingerprint density at radius 1 is 0.765 bits per heavy atom. The third-order valence-corrected chi connectivity index (χ3v) is 6.57. The SMILES string of the molecule is Cc1ccccc1NC(=O)C(Sc1cccc(NC(=O)Cc2ccccc2)c1)c1ccccc1. The van der Waals surface area contributed by atoms with Crippen LogP contribution in [-0.4, -0.2) is 11.8 Å². The summed E-state index contributed by atoms with van der Waals surface area (Å²) in [6.07, 6.45) is 0.309. The molecule has 0 fully saturated rings. The van der Waals surface area contributed by atoms with Crippen LogP contribution in [0.15, 0.2) is 114 Å². The second-order valence-electron chi connectivity index (χ2n) is 7.95. The molecule has 0 bridgehead atoms. The number of para-hydroxylation sites is 1. The maximum absolute atomic E-state index is 13.3. The number of amides is 2. The van der Waals surface area contributed by atoms with Crippen LogP contribution in [0.4, 0.5) is 11.4 Å². The molecule has 4 aromatic rings. The Morgan fingerprint density at radius 2 is 1.44 bits per heavy atom. The Kier molecular flexibility index (Phi) is 7.79. The minimum atomic E-state index is -0.448. The number of hydrogen-bond acceptors (Lipinski definition) is 3. The predicted molar refractivity (Wildman–Crippen MR) is 140 cm³/mol. The highest BCUT2D eigenvalue weighted by molar-refractivity contribution is 8.00. The number of hydrogen-bond donors (Lipinski definition) is 2. The zero-order chi connectivity index (χ0) is 23.8. The fourth-order valence-electron chi connectivity index (χ4n) is 3.58. The topological polar surface area (TPSA) is 58.2 Å². The Balaban J connectivity index is 1.50. The Bertz CT molecular complexity index is 1260.